The first-order chi connectivity index (χ1) is 8.15. The molecule has 1 rings (SSSR count). The summed E-state index contributed by atoms with van der Waals surface area (Å²) in [6, 6.07) is 1.72. The van der Waals surface area contributed by atoms with E-state index in [1.165, 1.54) is 0 Å². The van der Waals surface area contributed by atoms with Crippen LogP contribution < -0.4 is 5.32 Å². The molecule has 0 bridgehead atoms. The van der Waals surface area contributed by atoms with E-state index in [0.717, 1.165) is 5.69 Å². The maximum Gasteiger partial charge on any atom is 0.253 e. The predicted octanol–water partition coefficient (Wildman–Crippen LogP) is 1.08. The van der Waals surface area contributed by atoms with Crippen molar-refractivity contribution in [3.63, 3.8) is 0 Å². The highest BCUT2D eigenvalue weighted by Crippen LogP contribution is 2.04. The highest BCUT2D eigenvalue weighted by atomic mass is 35.5. The number of hydrogen-bond acceptors (Lipinski definition) is 4. The highest BCUT2D eigenvalue weighted by molar-refractivity contribution is 6.17. The Bertz CT molecular complexity index is 385. The normalized spacial score (nSPS) is 10.3. The van der Waals surface area contributed by atoms with Gasteiger partial charge in [0.05, 0.1) is 30.2 Å². The molecule has 0 aromatic carbocycles. The summed E-state index contributed by atoms with van der Waals surface area (Å²) < 4.78 is 5.15. The number of nitrogens with zero attached hydrogens (tertiary/aromatic N) is 2. The van der Waals surface area contributed by atoms with E-state index in [0.29, 0.717) is 36.9 Å². The van der Waals surface area contributed by atoms with Gasteiger partial charge in [-0.3, -0.25) is 4.79 Å². The lowest BCUT2D eigenvalue weighted by Crippen LogP contribution is -2.28. The van der Waals surface area contributed by atoms with Gasteiger partial charge < -0.3 is 10.1 Å². The second-order valence-corrected chi connectivity index (χ2v) is 3.92. The Morgan fingerprint density at radius 3 is 2.88 bits per heavy atom. The average molecular weight is 258 g/mol. The minimum atomic E-state index is -0.157. The van der Waals surface area contributed by atoms with Crippen LogP contribution in [-0.2, 0) is 4.74 Å². The number of aryl methyl sites for hydroxylation is 2. The average Bonchev–Trinajstić information content (AvgIpc) is 2.32. The maximum atomic E-state index is 11.8. The van der Waals surface area contributed by atoms with Crippen molar-refractivity contribution in [2.75, 3.05) is 25.6 Å². The molecule has 0 atom stereocenters. The molecule has 0 aliphatic heterocycles. The molecule has 5 nitrogen and oxygen atoms in total. The number of carbonyl (C=O) groups excluding carboxylic acids is 1. The number of rotatable bonds is 6. The molecule has 0 aliphatic rings. The molecule has 0 saturated carbocycles. The molecule has 0 fully saturated rings. The van der Waals surface area contributed by atoms with Gasteiger partial charge >= 0.3 is 0 Å². The van der Waals surface area contributed by atoms with Crippen LogP contribution in [-0.4, -0.2) is 41.7 Å². The molecule has 1 heterocycles. The summed E-state index contributed by atoms with van der Waals surface area (Å²) >= 11 is 5.45. The zero-order valence-corrected chi connectivity index (χ0v) is 10.8. The number of carbonyl (C=O) groups is 1. The molecule has 1 aromatic heterocycles. The second kappa shape index (κ2) is 7.19. The SMILES string of the molecule is Cc1cc(C(=O)NCCOCCCl)c(C)nn1. The van der Waals surface area contributed by atoms with Crippen LogP contribution in [0.5, 0.6) is 0 Å². The number of hydrogen-bond donors (Lipinski definition) is 1. The van der Waals surface area contributed by atoms with Crippen LogP contribution in [0.25, 0.3) is 0 Å². The third kappa shape index (κ3) is 4.66. The van der Waals surface area contributed by atoms with Crippen LogP contribution in [0.4, 0.5) is 0 Å². The summed E-state index contributed by atoms with van der Waals surface area (Å²) in [7, 11) is 0. The monoisotopic (exact) mass is 257 g/mol. The summed E-state index contributed by atoms with van der Waals surface area (Å²) in [6.45, 7) is 4.95. The number of halogens is 1. The van der Waals surface area contributed by atoms with Gasteiger partial charge in [-0.15, -0.1) is 11.6 Å². The van der Waals surface area contributed by atoms with Crippen molar-refractivity contribution in [3.05, 3.63) is 23.0 Å². The van der Waals surface area contributed by atoms with E-state index in [9.17, 15) is 4.79 Å². The van der Waals surface area contributed by atoms with Crippen LogP contribution in [0.15, 0.2) is 6.07 Å². The van der Waals surface area contributed by atoms with Crippen molar-refractivity contribution in [1.82, 2.24) is 15.5 Å². The molecular weight excluding hydrogens is 242 g/mol. The molecule has 17 heavy (non-hydrogen) atoms. The van der Waals surface area contributed by atoms with Crippen molar-refractivity contribution in [2.24, 2.45) is 0 Å². The van der Waals surface area contributed by atoms with Crippen molar-refractivity contribution in [1.29, 1.82) is 0 Å². The summed E-state index contributed by atoms with van der Waals surface area (Å²) in [5.41, 5.74) is 1.89. The summed E-state index contributed by atoms with van der Waals surface area (Å²) in [5.74, 6) is 0.301. The van der Waals surface area contributed by atoms with Crippen molar-refractivity contribution in [2.45, 2.75) is 13.8 Å². The largest absolute Gasteiger partial charge is 0.378 e. The van der Waals surface area contributed by atoms with E-state index >= 15 is 0 Å². The van der Waals surface area contributed by atoms with E-state index in [1.807, 2.05) is 0 Å². The van der Waals surface area contributed by atoms with Gasteiger partial charge in [0.2, 0.25) is 0 Å². The maximum absolute atomic E-state index is 11.8. The minimum absolute atomic E-state index is 0.157. The molecule has 0 aliphatic carbocycles. The molecule has 6 heteroatoms. The number of alkyl halides is 1. The fourth-order valence-electron chi connectivity index (χ4n) is 1.27. The van der Waals surface area contributed by atoms with Gasteiger partial charge in [-0.25, -0.2) is 0 Å². The molecule has 0 radical (unpaired) electrons. The first-order valence-electron chi connectivity index (χ1n) is 5.38. The lowest BCUT2D eigenvalue weighted by Gasteiger charge is -2.07. The Kier molecular flexibility index (Phi) is 5.86. The molecule has 94 valence electrons. The van der Waals surface area contributed by atoms with Gasteiger partial charge in [0.25, 0.3) is 5.91 Å². The van der Waals surface area contributed by atoms with Gasteiger partial charge in [-0.05, 0) is 19.9 Å². The Labute approximate surface area is 106 Å². The van der Waals surface area contributed by atoms with Gasteiger partial charge in [0.15, 0.2) is 0 Å². The van der Waals surface area contributed by atoms with Crippen LogP contribution in [0.1, 0.15) is 21.7 Å². The fraction of sp³-hybridized carbons (Fsp3) is 0.545. The Morgan fingerprint density at radius 2 is 2.18 bits per heavy atom. The highest BCUT2D eigenvalue weighted by Gasteiger charge is 2.10. The van der Waals surface area contributed by atoms with Crippen LogP contribution in [0, 0.1) is 13.8 Å². The summed E-state index contributed by atoms with van der Waals surface area (Å²) in [6.07, 6.45) is 0. The molecule has 1 amide bonds. The van der Waals surface area contributed by atoms with Crippen molar-refractivity contribution < 1.29 is 9.53 Å². The van der Waals surface area contributed by atoms with E-state index in [1.54, 1.807) is 19.9 Å². The van der Waals surface area contributed by atoms with E-state index in [4.69, 9.17) is 16.3 Å². The number of amides is 1. The third-order valence-corrected chi connectivity index (χ3v) is 2.25. The van der Waals surface area contributed by atoms with Crippen molar-refractivity contribution in [3.8, 4) is 0 Å². The number of ether oxygens (including phenoxy) is 1. The smallest absolute Gasteiger partial charge is 0.253 e. The van der Waals surface area contributed by atoms with Gasteiger partial charge in [-0.2, -0.15) is 10.2 Å². The fourth-order valence-corrected chi connectivity index (χ4v) is 1.38. The number of aromatic nitrogens is 2. The summed E-state index contributed by atoms with van der Waals surface area (Å²) in [5, 5.41) is 10.5. The van der Waals surface area contributed by atoms with E-state index in [-0.39, 0.29) is 5.91 Å². The Morgan fingerprint density at radius 1 is 1.41 bits per heavy atom. The second-order valence-electron chi connectivity index (χ2n) is 3.54. The lowest BCUT2D eigenvalue weighted by molar-refractivity contribution is 0.0922. The lowest BCUT2D eigenvalue weighted by atomic mass is 10.2. The Balaban J connectivity index is 2.44. The molecule has 1 aromatic rings. The minimum Gasteiger partial charge on any atom is -0.378 e. The van der Waals surface area contributed by atoms with E-state index < -0.39 is 0 Å². The van der Waals surface area contributed by atoms with Gasteiger partial charge in [0.1, 0.15) is 0 Å². The van der Waals surface area contributed by atoms with Crippen LogP contribution >= 0.6 is 11.6 Å². The van der Waals surface area contributed by atoms with E-state index in [2.05, 4.69) is 15.5 Å². The number of nitrogens with one attached hydrogen (secondary N) is 1. The quantitative estimate of drug-likeness (QED) is 0.612. The zero-order valence-electron chi connectivity index (χ0n) is 9.99. The molecule has 0 saturated heterocycles. The Hall–Kier alpha value is -1.20. The van der Waals surface area contributed by atoms with Crippen LogP contribution in [0.2, 0.25) is 0 Å². The van der Waals surface area contributed by atoms with Gasteiger partial charge in [0, 0.05) is 12.4 Å². The topological polar surface area (TPSA) is 64.1 Å². The molecule has 1 N–H and O–H groups in total. The molecule has 0 unspecified atom stereocenters. The third-order valence-electron chi connectivity index (χ3n) is 2.10. The first kappa shape index (κ1) is 13.9. The zero-order chi connectivity index (χ0) is 12.7. The summed E-state index contributed by atoms with van der Waals surface area (Å²) in [4.78, 5) is 11.8. The molecular formula is C11H16ClN3O2. The standard InChI is InChI=1S/C11H16ClN3O2/c1-8-7-10(9(2)15-14-8)11(16)13-4-6-17-5-3-12/h7H,3-6H2,1-2H3,(H,13,16). The first-order valence-corrected chi connectivity index (χ1v) is 5.91. The van der Waals surface area contributed by atoms with Crippen LogP contribution in [0.3, 0.4) is 0 Å². The van der Waals surface area contributed by atoms with Crippen molar-refractivity contribution >= 4 is 17.5 Å². The predicted molar refractivity (Wildman–Crippen MR) is 65.4 cm³/mol. The van der Waals surface area contributed by atoms with Gasteiger partial charge in [-0.1, -0.05) is 0 Å². The molecule has 0 spiro atoms.